The van der Waals surface area contributed by atoms with Crippen LogP contribution in [-0.2, 0) is 9.59 Å². The first kappa shape index (κ1) is 22.7. The van der Waals surface area contributed by atoms with Crippen LogP contribution in [0.1, 0.15) is 89.5 Å². The van der Waals surface area contributed by atoms with Crippen molar-refractivity contribution in [3.8, 4) is 0 Å². The van der Waals surface area contributed by atoms with E-state index in [0.717, 1.165) is 24.4 Å². The molecular weight excluding hydrogens is 444 g/mol. The molecule has 1 N–H and O–H groups in total. The highest BCUT2D eigenvalue weighted by molar-refractivity contribution is 7.15. The fraction of sp³-hybridized carbons (Fsp3) is 0.778. The van der Waals surface area contributed by atoms with E-state index in [0.29, 0.717) is 47.2 Å². The summed E-state index contributed by atoms with van der Waals surface area (Å²) in [5.41, 5.74) is 0.321. The second kappa shape index (κ2) is 8.14. The zero-order chi connectivity index (χ0) is 23.7. The van der Waals surface area contributed by atoms with E-state index in [1.54, 1.807) is 11.3 Å². The van der Waals surface area contributed by atoms with E-state index in [-0.39, 0.29) is 22.6 Å². The van der Waals surface area contributed by atoms with Gasteiger partial charge in [-0.2, -0.15) is 0 Å². The van der Waals surface area contributed by atoms with Crippen LogP contribution in [0.5, 0.6) is 0 Å². The summed E-state index contributed by atoms with van der Waals surface area (Å²) < 4.78 is 0. The quantitative estimate of drug-likeness (QED) is 0.611. The van der Waals surface area contributed by atoms with Crippen molar-refractivity contribution in [1.82, 2.24) is 15.1 Å². The van der Waals surface area contributed by atoms with Crippen LogP contribution in [-0.4, -0.2) is 39.5 Å². The summed E-state index contributed by atoms with van der Waals surface area (Å²) in [6.45, 7) is 7.81. The zero-order valence-corrected chi connectivity index (χ0v) is 21.6. The third kappa shape index (κ3) is 3.48. The molecule has 0 spiro atoms. The Kier molecular flexibility index (Phi) is 5.43. The molecule has 7 atom stereocenters. The van der Waals surface area contributed by atoms with Gasteiger partial charge in [0.25, 0.3) is 0 Å². The smallest absolute Gasteiger partial charge is 0.246 e. The van der Waals surface area contributed by atoms with Gasteiger partial charge in [0.05, 0.1) is 0 Å². The van der Waals surface area contributed by atoms with Crippen molar-refractivity contribution in [3.63, 3.8) is 0 Å². The minimum atomic E-state index is 0.0841. The van der Waals surface area contributed by atoms with E-state index in [1.807, 2.05) is 6.08 Å². The minimum Gasteiger partial charge on any atom is -0.336 e. The van der Waals surface area contributed by atoms with Crippen LogP contribution in [0.25, 0.3) is 0 Å². The first-order chi connectivity index (χ1) is 16.3. The Hall–Kier alpha value is -1.76. The third-order valence-corrected chi connectivity index (χ3v) is 11.6. The second-order valence-electron chi connectivity index (χ2n) is 12.1. The number of amides is 2. The summed E-state index contributed by atoms with van der Waals surface area (Å²) in [5, 5.41) is 13.3. The predicted octanol–water partition coefficient (Wildman–Crippen LogP) is 5.39. The lowest BCUT2D eigenvalue weighted by Crippen LogP contribution is -2.60. The monoisotopic (exact) mass is 482 g/mol. The van der Waals surface area contributed by atoms with Gasteiger partial charge >= 0.3 is 0 Å². The molecule has 0 saturated heterocycles. The van der Waals surface area contributed by atoms with E-state index in [4.69, 9.17) is 0 Å². The lowest BCUT2D eigenvalue weighted by Gasteiger charge is -2.60. The van der Waals surface area contributed by atoms with Crippen molar-refractivity contribution >= 4 is 28.3 Å². The molecule has 4 saturated carbocycles. The van der Waals surface area contributed by atoms with Gasteiger partial charge in [0.15, 0.2) is 0 Å². The van der Waals surface area contributed by atoms with Crippen molar-refractivity contribution < 1.29 is 9.59 Å². The summed E-state index contributed by atoms with van der Waals surface area (Å²) in [6, 6.07) is 0.344. The Bertz CT molecular complexity index is 1020. The van der Waals surface area contributed by atoms with Crippen molar-refractivity contribution in [1.29, 1.82) is 0 Å². The van der Waals surface area contributed by atoms with E-state index >= 15 is 0 Å². The number of hydrogen-bond donors (Lipinski definition) is 1. The van der Waals surface area contributed by atoms with Crippen molar-refractivity contribution in [2.24, 2.45) is 34.5 Å². The normalized spacial score (nSPS) is 41.1. The highest BCUT2D eigenvalue weighted by Gasteiger charge is 2.60. The average Bonchev–Trinajstić information content (AvgIpc) is 3.47. The van der Waals surface area contributed by atoms with Gasteiger partial charge in [0.1, 0.15) is 5.01 Å². The van der Waals surface area contributed by atoms with Crippen LogP contribution in [0.2, 0.25) is 0 Å². The van der Waals surface area contributed by atoms with Crippen LogP contribution < -0.4 is 5.32 Å². The van der Waals surface area contributed by atoms with Gasteiger partial charge in [-0.25, -0.2) is 0 Å². The zero-order valence-electron chi connectivity index (χ0n) is 20.8. The van der Waals surface area contributed by atoms with Crippen molar-refractivity contribution in [2.75, 3.05) is 11.9 Å². The minimum absolute atomic E-state index is 0.0841. The van der Waals surface area contributed by atoms with Crippen LogP contribution >= 0.6 is 11.3 Å². The van der Waals surface area contributed by atoms with Gasteiger partial charge in [-0.1, -0.05) is 31.3 Å². The van der Waals surface area contributed by atoms with Crippen LogP contribution in [0, 0.1) is 34.5 Å². The summed E-state index contributed by atoms with van der Waals surface area (Å²) in [4.78, 5) is 27.6. The summed E-state index contributed by atoms with van der Waals surface area (Å²) >= 11 is 1.55. The molecule has 0 bridgehead atoms. The van der Waals surface area contributed by atoms with E-state index in [9.17, 15) is 9.59 Å². The van der Waals surface area contributed by atoms with Crippen LogP contribution in [0.15, 0.2) is 12.2 Å². The molecule has 4 aliphatic carbocycles. The molecule has 0 radical (unpaired) electrons. The number of aromatic nitrogens is 2. The number of carbonyl (C=O) groups excluding carboxylic acids is 2. The van der Waals surface area contributed by atoms with Crippen molar-refractivity contribution in [3.05, 3.63) is 17.2 Å². The standard InChI is InChI=1S/C27H38N4O2S/c1-4-31-21-10-8-18-19-9-7-17(15-22(32)28-25-30-29-24(34-25)16-5-6-16)26(19,2)13-11-20(18)27(21,3)14-12-23(31)33/h12,14,16-21H,4-11,13,15H2,1-3H3,(H,28,30,32)/t17-,18-,19-,20-,21+,26+,27+/m0/s1. The number of carbonyl (C=O) groups is 2. The van der Waals surface area contributed by atoms with Crippen molar-refractivity contribution in [2.45, 2.75) is 90.5 Å². The molecule has 0 unspecified atom stereocenters. The van der Waals surface area contributed by atoms with E-state index in [2.05, 4.69) is 47.3 Å². The largest absolute Gasteiger partial charge is 0.336 e. The first-order valence-electron chi connectivity index (χ1n) is 13.5. The molecule has 34 heavy (non-hydrogen) atoms. The van der Waals surface area contributed by atoms with E-state index < -0.39 is 0 Å². The van der Waals surface area contributed by atoms with Gasteiger partial charge in [0, 0.05) is 30.3 Å². The molecule has 7 heteroatoms. The molecular formula is C27H38N4O2S. The summed E-state index contributed by atoms with van der Waals surface area (Å²) in [7, 11) is 0. The van der Waals surface area contributed by atoms with Gasteiger partial charge in [0.2, 0.25) is 16.9 Å². The average molecular weight is 483 g/mol. The molecule has 1 aromatic heterocycles. The predicted molar refractivity (Wildman–Crippen MR) is 133 cm³/mol. The van der Waals surface area contributed by atoms with Gasteiger partial charge in [-0.3, -0.25) is 9.59 Å². The Labute approximate surface area is 207 Å². The molecule has 5 aliphatic rings. The Morgan fingerprint density at radius 3 is 2.71 bits per heavy atom. The molecule has 1 aliphatic heterocycles. The topological polar surface area (TPSA) is 75.2 Å². The number of hydrogen-bond acceptors (Lipinski definition) is 5. The summed E-state index contributed by atoms with van der Waals surface area (Å²) in [6.07, 6.45) is 14.2. The molecule has 184 valence electrons. The number of nitrogens with zero attached hydrogens (tertiary/aromatic N) is 3. The molecule has 4 fully saturated rings. The molecule has 1 aromatic rings. The lowest BCUT2D eigenvalue weighted by molar-refractivity contribution is -0.141. The van der Waals surface area contributed by atoms with Crippen LogP contribution in [0.3, 0.4) is 0 Å². The number of nitrogens with one attached hydrogen (secondary N) is 1. The van der Waals surface area contributed by atoms with E-state index in [1.165, 1.54) is 38.5 Å². The SMILES string of the molecule is CCN1C(=O)C=C[C@]2(C)[C@H]3CC[C@]4(C)[C@H](CC(=O)Nc5nnc(C6CC6)s5)CC[C@H]4[C@@H]3CC[C@@H]12. The maximum Gasteiger partial charge on any atom is 0.246 e. The Morgan fingerprint density at radius 2 is 1.94 bits per heavy atom. The fourth-order valence-electron chi connectivity index (χ4n) is 8.59. The Morgan fingerprint density at radius 1 is 1.12 bits per heavy atom. The first-order valence-corrected chi connectivity index (χ1v) is 14.3. The molecule has 6 nitrogen and oxygen atoms in total. The van der Waals surface area contributed by atoms with Crippen LogP contribution in [0.4, 0.5) is 5.13 Å². The summed E-state index contributed by atoms with van der Waals surface area (Å²) in [5.74, 6) is 3.34. The lowest BCUT2D eigenvalue weighted by atomic mass is 9.47. The highest BCUT2D eigenvalue weighted by Crippen LogP contribution is 2.66. The van der Waals surface area contributed by atoms with Gasteiger partial charge in [-0.15, -0.1) is 10.2 Å². The number of anilines is 1. The third-order valence-electron chi connectivity index (χ3n) is 10.6. The maximum absolute atomic E-state index is 13.0. The van der Waals surface area contributed by atoms with Gasteiger partial charge in [-0.05, 0) is 93.5 Å². The number of rotatable bonds is 5. The highest BCUT2D eigenvalue weighted by atomic mass is 32.1. The Balaban J connectivity index is 1.15. The number of fused-ring (bicyclic) bond motifs is 5. The maximum atomic E-state index is 13.0. The molecule has 0 aromatic carbocycles. The van der Waals surface area contributed by atoms with Gasteiger partial charge < -0.3 is 10.2 Å². The molecule has 2 amide bonds. The second-order valence-corrected chi connectivity index (χ2v) is 13.1. The number of likely N-dealkylation sites (N-methyl/N-ethyl adjacent to an activating group) is 1. The molecule has 6 rings (SSSR count). The molecule has 2 heterocycles. The fourth-order valence-corrected chi connectivity index (χ4v) is 9.52.